The minimum atomic E-state index is -0.979. The van der Waals surface area contributed by atoms with Crippen LogP contribution < -0.4 is 19.7 Å². The van der Waals surface area contributed by atoms with E-state index in [1.807, 2.05) is 0 Å². The van der Waals surface area contributed by atoms with E-state index < -0.39 is 23.5 Å². The number of methoxy groups -OCH3 is 2. The first-order valence-corrected chi connectivity index (χ1v) is 11.3. The maximum atomic E-state index is 13.4. The molecule has 9 heteroatoms. The standard InChI is InChI=1S/C27H23ClN2O6/c1-15(31)29-18-5-4-6-19(14-18)30-24(16-7-10-20(35-2)11-8-16)23(26(33)27(30)34)25(32)21-13-17(28)9-12-22(21)36-3/h4-14,24,32H,1-3H3,(H,29,31)/b25-23+. The van der Waals surface area contributed by atoms with Gasteiger partial charge in [-0.3, -0.25) is 19.3 Å². The molecule has 184 valence electrons. The lowest BCUT2D eigenvalue weighted by Crippen LogP contribution is -2.29. The number of hydrogen-bond acceptors (Lipinski definition) is 6. The lowest BCUT2D eigenvalue weighted by molar-refractivity contribution is -0.132. The third-order valence-corrected chi connectivity index (χ3v) is 5.97. The van der Waals surface area contributed by atoms with Gasteiger partial charge in [0.15, 0.2) is 0 Å². The van der Waals surface area contributed by atoms with E-state index >= 15 is 0 Å². The van der Waals surface area contributed by atoms with Gasteiger partial charge in [0.1, 0.15) is 17.3 Å². The van der Waals surface area contributed by atoms with Crippen molar-refractivity contribution in [2.24, 2.45) is 0 Å². The Morgan fingerprint density at radius 3 is 2.36 bits per heavy atom. The second-order valence-corrected chi connectivity index (χ2v) is 8.45. The molecule has 3 aromatic rings. The van der Waals surface area contributed by atoms with Crippen molar-refractivity contribution in [2.75, 3.05) is 24.4 Å². The van der Waals surface area contributed by atoms with Crippen LogP contribution in [0.3, 0.4) is 0 Å². The first kappa shape index (κ1) is 24.8. The lowest BCUT2D eigenvalue weighted by Gasteiger charge is -2.26. The van der Waals surface area contributed by atoms with Gasteiger partial charge in [-0.15, -0.1) is 0 Å². The van der Waals surface area contributed by atoms with Gasteiger partial charge in [0, 0.05) is 23.3 Å². The number of Topliss-reactive ketones (excluding diaryl/α,β-unsaturated/α-hetero) is 1. The van der Waals surface area contributed by atoms with Crippen molar-refractivity contribution in [2.45, 2.75) is 13.0 Å². The monoisotopic (exact) mass is 506 g/mol. The molecule has 0 bridgehead atoms. The number of halogens is 1. The summed E-state index contributed by atoms with van der Waals surface area (Å²) in [5.41, 5.74) is 1.42. The molecule has 2 N–H and O–H groups in total. The van der Waals surface area contributed by atoms with Crippen molar-refractivity contribution in [1.29, 1.82) is 0 Å². The van der Waals surface area contributed by atoms with Gasteiger partial charge in [-0.25, -0.2) is 0 Å². The van der Waals surface area contributed by atoms with E-state index in [2.05, 4.69) is 5.32 Å². The number of aliphatic hydroxyl groups excluding tert-OH is 1. The molecule has 1 atom stereocenters. The first-order chi connectivity index (χ1) is 17.2. The SMILES string of the molecule is COc1ccc(C2/C(=C(\O)c3cc(Cl)ccc3OC)C(=O)C(=O)N2c2cccc(NC(C)=O)c2)cc1. The summed E-state index contributed by atoms with van der Waals surface area (Å²) < 4.78 is 10.6. The highest BCUT2D eigenvalue weighted by Crippen LogP contribution is 2.44. The van der Waals surface area contributed by atoms with Crippen LogP contribution in [-0.4, -0.2) is 36.9 Å². The van der Waals surface area contributed by atoms with Gasteiger partial charge < -0.3 is 19.9 Å². The van der Waals surface area contributed by atoms with Crippen LogP contribution in [0.15, 0.2) is 72.3 Å². The quantitative estimate of drug-likeness (QED) is 0.279. The van der Waals surface area contributed by atoms with Crippen LogP contribution in [0.25, 0.3) is 5.76 Å². The minimum absolute atomic E-state index is 0.129. The molecule has 0 radical (unpaired) electrons. The predicted molar refractivity (Wildman–Crippen MR) is 137 cm³/mol. The Hall–Kier alpha value is -4.30. The van der Waals surface area contributed by atoms with Crippen LogP contribution in [0.2, 0.25) is 5.02 Å². The number of benzene rings is 3. The number of rotatable bonds is 6. The van der Waals surface area contributed by atoms with Crippen molar-refractivity contribution in [3.05, 3.63) is 88.5 Å². The summed E-state index contributed by atoms with van der Waals surface area (Å²) in [4.78, 5) is 39.6. The third kappa shape index (κ3) is 4.63. The molecule has 2 amide bonds. The topological polar surface area (TPSA) is 105 Å². The van der Waals surface area contributed by atoms with Crippen molar-refractivity contribution in [1.82, 2.24) is 0 Å². The van der Waals surface area contributed by atoms with Crippen molar-refractivity contribution in [3.63, 3.8) is 0 Å². The Labute approximate surface area is 212 Å². The third-order valence-electron chi connectivity index (χ3n) is 5.74. The van der Waals surface area contributed by atoms with E-state index in [0.29, 0.717) is 27.7 Å². The molecule has 0 spiro atoms. The average molecular weight is 507 g/mol. The number of hydrogen-bond donors (Lipinski definition) is 2. The minimum Gasteiger partial charge on any atom is -0.507 e. The van der Waals surface area contributed by atoms with Gasteiger partial charge in [0.25, 0.3) is 11.7 Å². The Kier molecular flexibility index (Phi) is 6.98. The van der Waals surface area contributed by atoms with Gasteiger partial charge in [-0.1, -0.05) is 29.8 Å². The molecule has 3 aromatic carbocycles. The van der Waals surface area contributed by atoms with Crippen molar-refractivity contribution in [3.8, 4) is 11.5 Å². The highest BCUT2D eigenvalue weighted by Gasteiger charge is 2.47. The summed E-state index contributed by atoms with van der Waals surface area (Å²) in [5, 5.41) is 14.4. The summed E-state index contributed by atoms with van der Waals surface area (Å²) in [7, 11) is 2.95. The molecule has 1 unspecified atom stereocenters. The molecule has 0 saturated carbocycles. The van der Waals surface area contributed by atoms with E-state index in [4.69, 9.17) is 21.1 Å². The van der Waals surface area contributed by atoms with Crippen LogP contribution in [-0.2, 0) is 14.4 Å². The van der Waals surface area contributed by atoms with Crippen molar-refractivity contribution >= 4 is 46.3 Å². The largest absolute Gasteiger partial charge is 0.507 e. The Bertz CT molecular complexity index is 1380. The van der Waals surface area contributed by atoms with Crippen molar-refractivity contribution < 1.29 is 29.0 Å². The zero-order chi connectivity index (χ0) is 26.0. The average Bonchev–Trinajstić information content (AvgIpc) is 3.13. The zero-order valence-electron chi connectivity index (χ0n) is 19.7. The fourth-order valence-corrected chi connectivity index (χ4v) is 4.32. The number of ketones is 1. The number of nitrogens with zero attached hydrogens (tertiary/aromatic N) is 1. The molecule has 0 aliphatic carbocycles. The molecule has 0 aromatic heterocycles. The van der Waals surface area contributed by atoms with E-state index in [1.54, 1.807) is 60.7 Å². The summed E-state index contributed by atoms with van der Waals surface area (Å²) in [6.07, 6.45) is 0. The van der Waals surface area contributed by atoms with Gasteiger partial charge in [-0.2, -0.15) is 0 Å². The first-order valence-electron chi connectivity index (χ1n) is 10.9. The summed E-state index contributed by atoms with van der Waals surface area (Å²) in [5.74, 6) is -1.55. The number of ether oxygens (including phenoxy) is 2. The van der Waals surface area contributed by atoms with Crippen LogP contribution >= 0.6 is 11.6 Å². The Morgan fingerprint density at radius 2 is 1.72 bits per heavy atom. The maximum Gasteiger partial charge on any atom is 0.300 e. The van der Waals surface area contributed by atoms with E-state index in [-0.39, 0.29) is 22.8 Å². The van der Waals surface area contributed by atoms with Gasteiger partial charge >= 0.3 is 0 Å². The molecule has 1 fully saturated rings. The molecular weight excluding hydrogens is 484 g/mol. The maximum absolute atomic E-state index is 13.4. The Balaban J connectivity index is 1.95. The number of nitrogens with one attached hydrogen (secondary N) is 1. The van der Waals surface area contributed by atoms with Gasteiger partial charge in [0.05, 0.1) is 31.4 Å². The normalized spacial score (nSPS) is 16.7. The molecule has 4 rings (SSSR count). The fraction of sp³-hybridized carbons (Fsp3) is 0.148. The molecule has 1 saturated heterocycles. The fourth-order valence-electron chi connectivity index (χ4n) is 4.15. The second-order valence-electron chi connectivity index (χ2n) is 8.02. The van der Waals surface area contributed by atoms with Crippen LogP contribution in [0.1, 0.15) is 24.1 Å². The van der Waals surface area contributed by atoms with Gasteiger partial charge in [-0.05, 0) is 54.1 Å². The number of aliphatic hydroxyl groups is 1. The number of anilines is 2. The summed E-state index contributed by atoms with van der Waals surface area (Å²) in [6, 6.07) is 17.0. The Morgan fingerprint density at radius 1 is 1.00 bits per heavy atom. The lowest BCUT2D eigenvalue weighted by atomic mass is 9.94. The molecule has 1 heterocycles. The highest BCUT2D eigenvalue weighted by atomic mass is 35.5. The van der Waals surface area contributed by atoms with Crippen LogP contribution in [0.4, 0.5) is 11.4 Å². The van der Waals surface area contributed by atoms with Crippen LogP contribution in [0.5, 0.6) is 11.5 Å². The summed E-state index contributed by atoms with van der Waals surface area (Å²) in [6.45, 7) is 1.37. The van der Waals surface area contributed by atoms with E-state index in [0.717, 1.165) is 0 Å². The second kappa shape index (κ2) is 10.1. The molecular formula is C27H23ClN2O6. The smallest absolute Gasteiger partial charge is 0.300 e. The number of amides is 2. The van der Waals surface area contributed by atoms with E-state index in [9.17, 15) is 19.5 Å². The molecule has 1 aliphatic rings. The molecule has 1 aliphatic heterocycles. The van der Waals surface area contributed by atoms with Gasteiger partial charge in [0.2, 0.25) is 5.91 Å². The number of carbonyl (C=O) groups excluding carboxylic acids is 3. The molecule has 36 heavy (non-hydrogen) atoms. The molecule has 8 nitrogen and oxygen atoms in total. The predicted octanol–water partition coefficient (Wildman–Crippen LogP) is 4.94. The van der Waals surface area contributed by atoms with Crippen LogP contribution in [0, 0.1) is 0 Å². The number of carbonyl (C=O) groups is 3. The zero-order valence-corrected chi connectivity index (χ0v) is 20.5. The summed E-state index contributed by atoms with van der Waals surface area (Å²) >= 11 is 6.16. The van der Waals surface area contributed by atoms with E-state index in [1.165, 1.54) is 32.1 Å². The highest BCUT2D eigenvalue weighted by molar-refractivity contribution is 6.51.